The Labute approximate surface area is 443 Å². The molecule has 0 bridgehead atoms. The van der Waals surface area contributed by atoms with Crippen molar-refractivity contribution in [3.8, 4) is 0 Å². The molecule has 434 valence electrons. The molecular formula is C54H86O22. The van der Waals surface area contributed by atoms with Gasteiger partial charge < -0.3 is 98.8 Å². The largest absolute Gasteiger partial charge is 0.457 e. The molecule has 4 saturated heterocycles. The van der Waals surface area contributed by atoms with E-state index in [9.17, 15) is 61.0 Å². The first-order valence-corrected chi connectivity index (χ1v) is 27.5. The Bertz CT molecular complexity index is 2130. The van der Waals surface area contributed by atoms with Gasteiger partial charge in [-0.15, -0.1) is 0 Å². The Kier molecular flexibility index (Phi) is 16.5. The SMILES string of the molecule is CC(=O)O[C@@H]1CO[C@@H](OC[C@H]2O[C@@H](OC(=O)[C@]34CCC(C)(C)C[C@H]3C3=CC[C@@H]5[C@@]6(C)CC[C@H](O[C@@H]7OC[C@@H](O)[C@@H](O)[C@@H]7O)[C@@](C)(CO)[C@@H]6CC[C@@]5(C)[C@]3(C)CC4)[C@H](O[C@@H]3O[C@@H](C)[C@H](O)[C@@H](O)[C@H]3O)[C@@H](O)[C@@H]2O)[C@H](O)[C@H]1O. The second-order valence-corrected chi connectivity index (χ2v) is 25.8. The van der Waals surface area contributed by atoms with Crippen LogP contribution in [-0.4, -0.2) is 211 Å². The first-order chi connectivity index (χ1) is 35.6. The van der Waals surface area contributed by atoms with Crippen molar-refractivity contribution >= 4 is 11.9 Å². The zero-order valence-electron chi connectivity index (χ0n) is 45.1. The minimum absolute atomic E-state index is 0.0138. The van der Waals surface area contributed by atoms with Gasteiger partial charge in [0.2, 0.25) is 6.29 Å². The Morgan fingerprint density at radius 3 is 2.03 bits per heavy atom. The van der Waals surface area contributed by atoms with Gasteiger partial charge in [0.05, 0.1) is 44.1 Å². The number of hydrogen-bond acceptors (Lipinski definition) is 22. The summed E-state index contributed by atoms with van der Waals surface area (Å²) in [4.78, 5) is 27.1. The quantitative estimate of drug-likeness (QED) is 0.0726. The van der Waals surface area contributed by atoms with E-state index in [1.54, 1.807) is 0 Å². The summed E-state index contributed by atoms with van der Waals surface area (Å²) >= 11 is 0. The highest BCUT2D eigenvalue weighted by Gasteiger charge is 2.71. The zero-order valence-corrected chi connectivity index (χ0v) is 45.1. The normalized spacial score (nSPS) is 53.2. The number of aliphatic hydroxyl groups is 11. The Balaban J connectivity index is 0.984. The molecule has 8 fully saturated rings. The lowest BCUT2D eigenvalue weighted by Crippen LogP contribution is -2.67. The molecule has 9 rings (SSSR count). The zero-order chi connectivity index (χ0) is 55.4. The summed E-state index contributed by atoms with van der Waals surface area (Å²) in [5, 5.41) is 120. The summed E-state index contributed by atoms with van der Waals surface area (Å²) in [7, 11) is 0. The van der Waals surface area contributed by atoms with Crippen molar-refractivity contribution in [2.75, 3.05) is 26.4 Å². The molecule has 4 saturated carbocycles. The fourth-order valence-corrected chi connectivity index (χ4v) is 16.1. The summed E-state index contributed by atoms with van der Waals surface area (Å²) < 4.78 is 53.1. The summed E-state index contributed by atoms with van der Waals surface area (Å²) in [5.74, 6) is -1.43. The third kappa shape index (κ3) is 9.73. The van der Waals surface area contributed by atoms with Crippen LogP contribution in [0.4, 0.5) is 0 Å². The average Bonchev–Trinajstić information content (AvgIpc) is 3.57. The van der Waals surface area contributed by atoms with Gasteiger partial charge in [-0.05, 0) is 111 Å². The monoisotopic (exact) mass is 1090 g/mol. The van der Waals surface area contributed by atoms with E-state index in [1.807, 2.05) is 6.92 Å². The van der Waals surface area contributed by atoms with Gasteiger partial charge in [-0.25, -0.2) is 0 Å². The topological polar surface area (TPSA) is 340 Å². The number of carbonyl (C=O) groups is 2. The number of ether oxygens (including phenoxy) is 9. The maximum Gasteiger partial charge on any atom is 0.315 e. The molecule has 22 heteroatoms. The predicted octanol–water partition coefficient (Wildman–Crippen LogP) is -0.186. The third-order valence-corrected chi connectivity index (χ3v) is 21.0. The van der Waals surface area contributed by atoms with E-state index >= 15 is 4.79 Å². The number of hydrogen-bond donors (Lipinski definition) is 11. The number of esters is 2. The van der Waals surface area contributed by atoms with Crippen molar-refractivity contribution < 1.29 is 108 Å². The molecule has 0 spiro atoms. The van der Waals surface area contributed by atoms with Gasteiger partial charge in [0.25, 0.3) is 0 Å². The molecule has 0 unspecified atom stereocenters. The summed E-state index contributed by atoms with van der Waals surface area (Å²) in [6, 6.07) is 0. The van der Waals surface area contributed by atoms with E-state index in [2.05, 4.69) is 40.7 Å². The van der Waals surface area contributed by atoms with E-state index in [4.69, 9.17) is 42.6 Å². The third-order valence-electron chi connectivity index (χ3n) is 21.0. The van der Waals surface area contributed by atoms with Crippen molar-refractivity contribution in [1.82, 2.24) is 0 Å². The van der Waals surface area contributed by atoms with Crippen LogP contribution in [0.25, 0.3) is 0 Å². The predicted molar refractivity (Wildman–Crippen MR) is 260 cm³/mol. The number of allylic oxidation sites excluding steroid dienone is 2. The maximum atomic E-state index is 15.6. The van der Waals surface area contributed by atoms with Crippen LogP contribution in [-0.2, 0) is 52.2 Å². The van der Waals surface area contributed by atoms with Crippen LogP contribution in [0.5, 0.6) is 0 Å². The molecule has 11 N–H and O–H groups in total. The number of fused-ring (bicyclic) bond motifs is 7. The maximum absolute atomic E-state index is 15.6. The van der Waals surface area contributed by atoms with E-state index in [1.165, 1.54) is 12.5 Å². The molecule has 22 nitrogen and oxygen atoms in total. The second kappa shape index (κ2) is 21.4. The van der Waals surface area contributed by atoms with E-state index in [0.29, 0.717) is 38.5 Å². The fourth-order valence-electron chi connectivity index (χ4n) is 16.1. The lowest BCUT2D eigenvalue weighted by Gasteiger charge is -2.71. The van der Waals surface area contributed by atoms with Gasteiger partial charge in [-0.1, -0.05) is 53.2 Å². The van der Waals surface area contributed by atoms with Crippen LogP contribution in [0, 0.1) is 50.2 Å². The van der Waals surface area contributed by atoms with E-state index in [-0.39, 0.29) is 59.2 Å². The van der Waals surface area contributed by atoms with Crippen molar-refractivity contribution in [2.45, 2.75) is 236 Å². The van der Waals surface area contributed by atoms with Crippen molar-refractivity contribution in [3.63, 3.8) is 0 Å². The van der Waals surface area contributed by atoms with Crippen molar-refractivity contribution in [2.24, 2.45) is 50.2 Å². The second-order valence-electron chi connectivity index (χ2n) is 25.8. The lowest BCUT2D eigenvalue weighted by molar-refractivity contribution is -0.365. The highest BCUT2D eigenvalue weighted by Crippen LogP contribution is 2.76. The molecule has 27 atom stereocenters. The molecule has 4 heterocycles. The minimum Gasteiger partial charge on any atom is -0.457 e. The summed E-state index contributed by atoms with van der Waals surface area (Å²) in [5.41, 5.74) is -1.70. The molecule has 0 radical (unpaired) electrons. The van der Waals surface area contributed by atoms with Gasteiger partial charge in [0.15, 0.2) is 31.1 Å². The standard InChI is InChI=1S/C54H86O22/c1-24-34(58)38(62)42(66)46(71-24)75-43-39(63)36(60)30(22-70-44-41(65)37(61)29(21-69-44)72-25(2)56)73-47(43)76-48(67)54-17-15-49(3,4)19-27(54)26-9-10-32-50(5)13-12-33(74-45-40(64)35(59)28(57)20-68-45)51(6,23-55)31(50)11-14-53(32,8)52(26,7)16-18-54/h9,24,27-47,55,57-66H,10-23H2,1-8H3/t24-,27-,28+,29+,30+,31+,32+,33-,34-,35+,36+,37-,38+,39-,40-,41+,42+,43+,44-,45-,46-,47-,50-,51-,52+,53+,54-/m0/s1. The van der Waals surface area contributed by atoms with Gasteiger partial charge in [0, 0.05) is 12.3 Å². The Morgan fingerprint density at radius 2 is 1.33 bits per heavy atom. The van der Waals surface area contributed by atoms with Crippen molar-refractivity contribution in [3.05, 3.63) is 11.6 Å². The van der Waals surface area contributed by atoms with Crippen LogP contribution in [0.3, 0.4) is 0 Å². The minimum atomic E-state index is -1.91. The Morgan fingerprint density at radius 1 is 0.658 bits per heavy atom. The van der Waals surface area contributed by atoms with Gasteiger partial charge in [-0.3, -0.25) is 9.59 Å². The first kappa shape index (κ1) is 58.6. The van der Waals surface area contributed by atoms with Gasteiger partial charge >= 0.3 is 11.9 Å². The molecule has 0 aromatic heterocycles. The molecular weight excluding hydrogens is 1000 g/mol. The van der Waals surface area contributed by atoms with Crippen LogP contribution in [0.1, 0.15) is 120 Å². The molecule has 4 aliphatic heterocycles. The van der Waals surface area contributed by atoms with Gasteiger partial charge in [-0.2, -0.15) is 0 Å². The summed E-state index contributed by atoms with van der Waals surface area (Å²) in [6.07, 6.45) is -19.4. The highest BCUT2D eigenvalue weighted by atomic mass is 16.8. The molecule has 0 aromatic carbocycles. The number of aliphatic hydroxyl groups excluding tert-OH is 11. The molecule has 9 aliphatic rings. The number of carbonyl (C=O) groups excluding carboxylic acids is 2. The molecule has 0 aromatic rings. The van der Waals surface area contributed by atoms with Gasteiger partial charge in [0.1, 0.15) is 67.1 Å². The van der Waals surface area contributed by atoms with Crippen LogP contribution >= 0.6 is 0 Å². The summed E-state index contributed by atoms with van der Waals surface area (Å²) in [6.45, 7) is 14.8. The number of rotatable bonds is 11. The van der Waals surface area contributed by atoms with Crippen molar-refractivity contribution in [1.29, 1.82) is 0 Å². The average molecular weight is 1090 g/mol. The molecule has 76 heavy (non-hydrogen) atoms. The smallest absolute Gasteiger partial charge is 0.315 e. The van der Waals surface area contributed by atoms with Crippen LogP contribution in [0.15, 0.2) is 11.6 Å². The molecule has 0 amide bonds. The molecule has 5 aliphatic carbocycles. The van der Waals surface area contributed by atoms with Crippen LogP contribution < -0.4 is 0 Å². The van der Waals surface area contributed by atoms with E-state index < -0.39 is 146 Å². The van der Waals surface area contributed by atoms with E-state index in [0.717, 1.165) is 32.6 Å². The van der Waals surface area contributed by atoms with Crippen LogP contribution in [0.2, 0.25) is 0 Å². The Hall–Kier alpha value is -2.04. The fraction of sp³-hybridized carbons (Fsp3) is 0.926. The lowest BCUT2D eigenvalue weighted by atomic mass is 9.33. The highest BCUT2D eigenvalue weighted by molar-refractivity contribution is 5.79. The first-order valence-electron chi connectivity index (χ1n) is 27.5.